The SMILES string of the molecule is CCC(C(=O)Nc1nccc2c1CC=C2c1nc(Nc2cccc(NS(C)(=O)=O)c2F)ncc1C)N1CCN(C)CC1.CCC(C(=O)Nc1nccc2c1CC=C2c1nc(Nc2cn(C)nc2OC)ncc1C)N1CCN(C(=O)CO)CC1.CCC(C(=O)Nc1nccc2c1CC=C2c1nc(Nc2cn(CC(C)(C)O)nc2OC)ncc1C)N1CCN(C)CC1. The molecule has 11 heterocycles. The number of carbonyl (C=O) groups is 4. The maximum absolute atomic E-state index is 15.0. The van der Waals surface area contributed by atoms with Gasteiger partial charge in [-0.2, -0.15) is 0 Å². The van der Waals surface area contributed by atoms with Crippen molar-refractivity contribution in [3.63, 3.8) is 0 Å². The number of ether oxygens (including phenoxy) is 2. The Morgan fingerprint density at radius 3 is 1.26 bits per heavy atom. The molecule has 8 aromatic heterocycles. The van der Waals surface area contributed by atoms with E-state index >= 15 is 4.39 Å². The molecule has 3 aliphatic heterocycles. The number of likely N-dealkylation sites (N-methyl/N-ethyl adjacent to an activating group) is 2. The number of sulfonamides is 1. The minimum atomic E-state index is -3.66. The largest absolute Gasteiger partial charge is 0.478 e. The van der Waals surface area contributed by atoms with Crippen molar-refractivity contribution >= 4 is 108 Å². The number of methoxy groups -OCH3 is 2. The number of aliphatic hydroxyl groups excluding tert-OH is 1. The number of amides is 4. The normalized spacial score (nSPS) is 16.3. The number of halogens is 1. The summed E-state index contributed by atoms with van der Waals surface area (Å²) in [5.74, 6) is 2.22. The lowest BCUT2D eigenvalue weighted by Crippen LogP contribution is -2.55. The van der Waals surface area contributed by atoms with Crippen LogP contribution in [0, 0.1) is 26.6 Å². The first-order valence-corrected chi connectivity index (χ1v) is 43.8. The third-order valence-corrected chi connectivity index (χ3v) is 23.3. The number of hydrogen-bond donors (Lipinski definition) is 9. The molecule has 3 fully saturated rings. The zero-order valence-corrected chi connectivity index (χ0v) is 73.9. The van der Waals surface area contributed by atoms with Gasteiger partial charge in [-0.15, -0.1) is 10.2 Å². The monoisotopic (exact) mass is 1730 g/mol. The summed E-state index contributed by atoms with van der Waals surface area (Å²) in [5.41, 5.74) is 13.6. The Hall–Kier alpha value is -12.2. The quantitative estimate of drug-likeness (QED) is 0.0226. The van der Waals surface area contributed by atoms with Crippen molar-refractivity contribution in [2.75, 3.05) is 156 Å². The Morgan fingerprint density at radius 2 is 0.888 bits per heavy atom. The standard InChI is InChI=1S/C30H41N9O3.C29H35FN8O3S.C28H35N9O4/c1-7-24(38-14-12-37(5)13-15-38)27(40)35-26-22-9-8-21(20(22)10-11-31-26)25-19(2)16-32-29(34-25)33-23-17-39(18-30(3,4)41)36-28(23)42-6;1-5-24(38-15-13-37(3)14-16-38)28(39)35-27-21-10-9-20(19(21)11-12-31-27)26-18(2)17-32-29(34-26)33-22-7-6-8-23(25(22)30)36-42(4,40)41;1-5-22(36-10-12-37(13-11-36)23(39)16-38)26(40)33-25-20-7-6-19(18(20)8-9-29-25)24-17(2)14-30-28(32-24)31-21-15-35(3)34-27(21)41-4/h8,10-11,16-17,24,41H,7,9,12-15,18H2,1-6H3,(H,31,35,40)(H,32,33,34);6-9,11-12,17,24,36H,5,10,13-16H2,1-4H3,(H,31,35,39)(H,32,33,34);6,8-9,14-15,22,38H,5,7,10-13,16H2,1-4H3,(H,29,33,40)(H,30,31,32). The number of nitrogens with one attached hydrogen (secondary N) is 7. The van der Waals surface area contributed by atoms with Gasteiger partial charge in [0.25, 0.3) is 11.8 Å². The van der Waals surface area contributed by atoms with Crippen molar-refractivity contribution in [1.82, 2.24) is 93.8 Å². The van der Waals surface area contributed by atoms with Gasteiger partial charge in [-0.05, 0) is 151 Å². The van der Waals surface area contributed by atoms with Crippen LogP contribution in [-0.4, -0.2) is 280 Å². The van der Waals surface area contributed by atoms with E-state index in [4.69, 9.17) is 24.5 Å². The van der Waals surface area contributed by atoms with Crippen LogP contribution in [0.25, 0.3) is 16.7 Å². The molecule has 662 valence electrons. The van der Waals surface area contributed by atoms with Gasteiger partial charge in [-0.1, -0.05) is 45.1 Å². The third kappa shape index (κ3) is 21.6. The molecule has 9 N–H and O–H groups in total. The number of rotatable bonds is 28. The molecule has 0 bridgehead atoms. The van der Waals surface area contributed by atoms with Gasteiger partial charge < -0.3 is 66.3 Å². The van der Waals surface area contributed by atoms with E-state index in [0.29, 0.717) is 123 Å². The number of aryl methyl sites for hydroxylation is 4. The number of hydrogen-bond acceptors (Lipinski definition) is 29. The summed E-state index contributed by atoms with van der Waals surface area (Å²) in [6.45, 7) is 24.5. The van der Waals surface area contributed by atoms with Crippen LogP contribution in [-0.2, 0) is 62.1 Å². The Labute approximate surface area is 726 Å². The Bertz CT molecular complexity index is 5670. The van der Waals surface area contributed by atoms with Crippen molar-refractivity contribution < 1.29 is 51.7 Å². The highest BCUT2D eigenvalue weighted by Gasteiger charge is 2.35. The molecule has 0 saturated carbocycles. The molecular formula is C87H111FN26O10S. The zero-order chi connectivity index (χ0) is 89.1. The molecule has 4 amide bonds. The lowest BCUT2D eigenvalue weighted by Gasteiger charge is -2.38. The summed E-state index contributed by atoms with van der Waals surface area (Å²) in [4.78, 5) is 106. The van der Waals surface area contributed by atoms with Crippen LogP contribution in [0.1, 0.15) is 121 Å². The number of carbonyl (C=O) groups excluding carboxylic acids is 4. The van der Waals surface area contributed by atoms with E-state index in [2.05, 4.69) is 139 Å². The maximum Gasteiger partial charge on any atom is 0.256 e. The van der Waals surface area contributed by atoms with Gasteiger partial charge in [0, 0.05) is 156 Å². The van der Waals surface area contributed by atoms with Crippen molar-refractivity contribution in [2.24, 2.45) is 7.05 Å². The van der Waals surface area contributed by atoms with Crippen molar-refractivity contribution in [2.45, 2.75) is 124 Å². The molecule has 0 radical (unpaired) electrons. The van der Waals surface area contributed by atoms with Crippen LogP contribution in [0.15, 0.2) is 104 Å². The zero-order valence-electron chi connectivity index (χ0n) is 73.1. The molecule has 0 spiro atoms. The van der Waals surface area contributed by atoms with Crippen LogP contribution in [0.3, 0.4) is 0 Å². The van der Waals surface area contributed by atoms with Crippen molar-refractivity contribution in [1.29, 1.82) is 0 Å². The number of anilines is 10. The first-order chi connectivity index (χ1) is 59.9. The van der Waals surface area contributed by atoms with Crippen LogP contribution in [0.2, 0.25) is 0 Å². The van der Waals surface area contributed by atoms with Crippen molar-refractivity contribution in [3.8, 4) is 11.8 Å². The van der Waals surface area contributed by atoms with Gasteiger partial charge in [0.15, 0.2) is 5.82 Å². The highest BCUT2D eigenvalue weighted by molar-refractivity contribution is 7.92. The van der Waals surface area contributed by atoms with Crippen LogP contribution in [0.5, 0.6) is 11.8 Å². The smallest absolute Gasteiger partial charge is 0.256 e. The second kappa shape index (κ2) is 39.8. The summed E-state index contributed by atoms with van der Waals surface area (Å²) < 4.78 is 54.5. The van der Waals surface area contributed by atoms with E-state index in [9.17, 15) is 32.7 Å². The number of nitrogens with zero attached hydrogens (tertiary/aromatic N) is 19. The van der Waals surface area contributed by atoms with E-state index in [-0.39, 0.29) is 59.1 Å². The van der Waals surface area contributed by atoms with E-state index < -0.39 is 28.0 Å². The predicted molar refractivity (Wildman–Crippen MR) is 476 cm³/mol. The molecule has 3 saturated heterocycles. The molecule has 9 aromatic rings. The van der Waals surface area contributed by atoms with Gasteiger partial charge in [-0.25, -0.2) is 57.7 Å². The highest BCUT2D eigenvalue weighted by atomic mass is 32.2. The third-order valence-electron chi connectivity index (χ3n) is 22.7. The average molecular weight is 1730 g/mol. The molecule has 6 aliphatic rings. The van der Waals surface area contributed by atoms with Gasteiger partial charge in [0.1, 0.15) is 35.4 Å². The molecule has 3 aliphatic carbocycles. The summed E-state index contributed by atoms with van der Waals surface area (Å²) in [6.07, 6.45) is 25.0. The summed E-state index contributed by atoms with van der Waals surface area (Å²) >= 11 is 0. The van der Waals surface area contributed by atoms with Gasteiger partial charge in [0.2, 0.25) is 51.5 Å². The Kier molecular flexibility index (Phi) is 28.8. The molecule has 38 heteroatoms. The van der Waals surface area contributed by atoms with E-state index in [1.54, 1.807) is 91.9 Å². The number of aliphatic hydroxyl groups is 2. The lowest BCUT2D eigenvalue weighted by molar-refractivity contribution is -0.136. The number of piperazine rings is 3. The molecule has 15 rings (SSSR count). The molecular weight excluding hydrogens is 1620 g/mol. The fourth-order valence-electron chi connectivity index (χ4n) is 16.3. The Balaban J connectivity index is 0.000000161. The predicted octanol–water partition coefficient (Wildman–Crippen LogP) is 7.75. The summed E-state index contributed by atoms with van der Waals surface area (Å²) in [7, 11) is 5.46. The van der Waals surface area contributed by atoms with Crippen LogP contribution < -0.4 is 46.1 Å². The molecule has 36 nitrogen and oxygen atoms in total. The number of allylic oxidation sites excluding steroid dienone is 3. The first kappa shape index (κ1) is 90.6. The lowest BCUT2D eigenvalue weighted by atomic mass is 10.0. The van der Waals surface area contributed by atoms with Gasteiger partial charge >= 0.3 is 0 Å². The second-order valence-electron chi connectivity index (χ2n) is 32.4. The number of aromatic nitrogens is 13. The Morgan fingerprint density at radius 1 is 0.520 bits per heavy atom. The molecule has 125 heavy (non-hydrogen) atoms. The minimum absolute atomic E-state index is 0.0137. The fourth-order valence-corrected chi connectivity index (χ4v) is 16.8. The topological polar surface area (TPSA) is 417 Å². The van der Waals surface area contributed by atoms with Crippen LogP contribution in [0.4, 0.5) is 62.4 Å². The fraction of sp³-hybridized carbons (Fsp3) is 0.437. The molecule has 3 unspecified atom stereocenters. The highest BCUT2D eigenvalue weighted by Crippen LogP contribution is 2.41. The first-order valence-electron chi connectivity index (χ1n) is 41.9. The van der Waals surface area contributed by atoms with Gasteiger partial charge in [0.05, 0.1) is 91.6 Å². The molecule has 3 atom stereocenters. The summed E-state index contributed by atoms with van der Waals surface area (Å²) in [6, 6.07) is 9.38. The summed E-state index contributed by atoms with van der Waals surface area (Å²) in [5, 5.41) is 46.6. The van der Waals surface area contributed by atoms with Gasteiger partial charge in [-0.3, -0.25) is 48.0 Å². The second-order valence-corrected chi connectivity index (χ2v) is 34.1. The van der Waals surface area contributed by atoms with Crippen LogP contribution >= 0.6 is 0 Å². The van der Waals surface area contributed by atoms with E-state index in [1.165, 1.54) is 18.2 Å². The van der Waals surface area contributed by atoms with Crippen molar-refractivity contribution in [3.05, 3.63) is 177 Å². The average Bonchev–Trinajstić information content (AvgIpc) is 1.65. The number of pyridine rings is 3. The minimum Gasteiger partial charge on any atom is -0.478 e. The van der Waals surface area contributed by atoms with E-state index in [1.807, 2.05) is 65.9 Å². The molecule has 1 aromatic carbocycles. The maximum atomic E-state index is 15.0. The van der Waals surface area contributed by atoms with E-state index in [0.717, 1.165) is 143 Å². The number of benzene rings is 1. The number of fused-ring (bicyclic) bond motifs is 3.